The summed E-state index contributed by atoms with van der Waals surface area (Å²) < 4.78 is 25.0. The zero-order chi connectivity index (χ0) is 18.1. The highest BCUT2D eigenvalue weighted by Gasteiger charge is 2.32. The largest absolute Gasteiger partial charge is 0.488 e. The van der Waals surface area contributed by atoms with Crippen molar-refractivity contribution in [1.29, 1.82) is 0 Å². The summed E-state index contributed by atoms with van der Waals surface area (Å²) in [6, 6.07) is 8.24. The van der Waals surface area contributed by atoms with Crippen molar-refractivity contribution in [3.05, 3.63) is 29.8 Å². The van der Waals surface area contributed by atoms with E-state index in [4.69, 9.17) is 18.9 Å². The molecular weight excluding hydrogens is 332 g/mol. The molecule has 0 N–H and O–H groups in total. The average Bonchev–Trinajstić information content (AvgIpc) is 3.10. The Labute approximate surface area is 153 Å². The predicted molar refractivity (Wildman–Crippen MR) is 97.1 cm³/mol. The van der Waals surface area contributed by atoms with Crippen LogP contribution < -0.4 is 23.5 Å². The van der Waals surface area contributed by atoms with Crippen LogP contribution in [0.5, 0.6) is 23.1 Å². The monoisotopic (exact) mass is 357 g/mol. The van der Waals surface area contributed by atoms with Crippen LogP contribution >= 0.6 is 0 Å². The molecule has 26 heavy (non-hydrogen) atoms. The van der Waals surface area contributed by atoms with Crippen molar-refractivity contribution in [1.82, 2.24) is 4.90 Å². The lowest BCUT2D eigenvalue weighted by atomic mass is 9.96. The first kappa shape index (κ1) is 17.0. The van der Waals surface area contributed by atoms with Crippen molar-refractivity contribution >= 4 is 0 Å². The van der Waals surface area contributed by atoms with E-state index in [-0.39, 0.29) is 0 Å². The molecule has 3 heterocycles. The van der Waals surface area contributed by atoms with Crippen LogP contribution in [0.1, 0.15) is 12.0 Å². The summed E-state index contributed by atoms with van der Waals surface area (Å²) in [5, 5.41) is 0. The molecule has 2 aliphatic heterocycles. The minimum Gasteiger partial charge on any atom is -0.488 e. The summed E-state index contributed by atoms with van der Waals surface area (Å²) in [7, 11) is 5.82. The first-order valence-electron chi connectivity index (χ1n) is 8.98. The summed E-state index contributed by atoms with van der Waals surface area (Å²) in [5.41, 5.74) is 3.56. The lowest BCUT2D eigenvalue weighted by molar-refractivity contribution is -0.693. The van der Waals surface area contributed by atoms with E-state index >= 15 is 0 Å². The van der Waals surface area contributed by atoms with Gasteiger partial charge >= 0.3 is 5.88 Å². The molecule has 0 spiro atoms. The van der Waals surface area contributed by atoms with E-state index in [0.717, 1.165) is 54.8 Å². The number of ether oxygens (including phenoxy) is 4. The molecule has 0 unspecified atom stereocenters. The Balaban J connectivity index is 1.68. The topological polar surface area (TPSA) is 44.0 Å². The highest BCUT2D eigenvalue weighted by Crippen LogP contribution is 2.40. The maximum atomic E-state index is 6.14. The van der Waals surface area contributed by atoms with Crippen molar-refractivity contribution in [2.45, 2.75) is 19.4 Å². The van der Waals surface area contributed by atoms with E-state index in [1.165, 1.54) is 11.1 Å². The minimum absolute atomic E-state index is 0.293. The van der Waals surface area contributed by atoms with Gasteiger partial charge in [0, 0.05) is 19.0 Å². The van der Waals surface area contributed by atoms with Crippen LogP contribution in [0.15, 0.2) is 24.3 Å². The number of pyridine rings is 1. The number of hydrogen-bond acceptors (Lipinski definition) is 5. The standard InChI is InChI=1S/C20H25N2O4/c1-21(2)8-4-10-24-20-17(23-3)6-5-16-15-12-19-18(25-13-26-19)11-14(15)7-9-22(16)20/h5-6,11-12H,4,7-10,13H2,1-3H3/q+1. The molecule has 0 saturated carbocycles. The maximum Gasteiger partial charge on any atom is 0.411 e. The number of benzene rings is 1. The number of nitrogens with zero attached hydrogens (tertiary/aromatic N) is 2. The quantitative estimate of drug-likeness (QED) is 0.586. The van der Waals surface area contributed by atoms with E-state index in [0.29, 0.717) is 13.4 Å². The molecule has 1 aromatic carbocycles. The van der Waals surface area contributed by atoms with Gasteiger partial charge in [-0.15, -0.1) is 0 Å². The van der Waals surface area contributed by atoms with Crippen molar-refractivity contribution in [2.24, 2.45) is 0 Å². The van der Waals surface area contributed by atoms with Crippen molar-refractivity contribution in [3.63, 3.8) is 0 Å². The van der Waals surface area contributed by atoms with E-state index in [9.17, 15) is 0 Å². The highest BCUT2D eigenvalue weighted by atomic mass is 16.7. The SMILES string of the molecule is COc1ccc2[n+](c1OCCCN(C)C)CCc1cc3c(cc1-2)OCO3. The Morgan fingerprint density at radius 1 is 1.15 bits per heavy atom. The van der Waals surface area contributed by atoms with Gasteiger partial charge in [0.2, 0.25) is 18.2 Å². The molecule has 0 amide bonds. The van der Waals surface area contributed by atoms with Gasteiger partial charge in [0.15, 0.2) is 18.0 Å². The second-order valence-electron chi connectivity index (χ2n) is 6.86. The van der Waals surface area contributed by atoms with Crippen LogP contribution in [-0.2, 0) is 13.0 Å². The Hall–Kier alpha value is -2.47. The summed E-state index contributed by atoms with van der Waals surface area (Å²) in [6.07, 6.45) is 1.89. The Kier molecular flexibility index (Phi) is 4.59. The first-order valence-corrected chi connectivity index (χ1v) is 8.98. The van der Waals surface area contributed by atoms with Crippen LogP contribution in [0.3, 0.4) is 0 Å². The molecule has 0 aliphatic carbocycles. The molecule has 0 atom stereocenters. The van der Waals surface area contributed by atoms with Gasteiger partial charge in [0.25, 0.3) is 0 Å². The van der Waals surface area contributed by atoms with Gasteiger partial charge in [0.1, 0.15) is 0 Å². The molecule has 0 bridgehead atoms. The first-order chi connectivity index (χ1) is 12.7. The lowest BCUT2D eigenvalue weighted by Crippen LogP contribution is -2.42. The fraction of sp³-hybridized carbons (Fsp3) is 0.450. The number of rotatable bonds is 6. The van der Waals surface area contributed by atoms with Gasteiger partial charge in [-0.25, -0.2) is 0 Å². The Morgan fingerprint density at radius 3 is 2.73 bits per heavy atom. The van der Waals surface area contributed by atoms with Crippen LogP contribution in [-0.4, -0.2) is 46.0 Å². The zero-order valence-corrected chi connectivity index (χ0v) is 15.6. The van der Waals surface area contributed by atoms with E-state index in [2.05, 4.69) is 41.8 Å². The van der Waals surface area contributed by atoms with Crippen molar-refractivity contribution in [2.75, 3.05) is 41.1 Å². The number of aryl methyl sites for hydroxylation is 1. The average molecular weight is 357 g/mol. The third-order valence-corrected chi connectivity index (χ3v) is 4.83. The lowest BCUT2D eigenvalue weighted by Gasteiger charge is -2.19. The fourth-order valence-electron chi connectivity index (χ4n) is 3.53. The third-order valence-electron chi connectivity index (χ3n) is 4.83. The molecule has 2 aliphatic rings. The molecule has 4 rings (SSSR count). The summed E-state index contributed by atoms with van der Waals surface area (Å²) in [5.74, 6) is 3.21. The van der Waals surface area contributed by atoms with Crippen molar-refractivity contribution < 1.29 is 23.5 Å². The summed E-state index contributed by atoms with van der Waals surface area (Å²) in [6.45, 7) is 2.80. The number of fused-ring (bicyclic) bond motifs is 4. The van der Waals surface area contributed by atoms with Crippen LogP contribution in [0.2, 0.25) is 0 Å². The molecule has 0 fully saturated rings. The molecule has 0 saturated heterocycles. The Bertz CT molecular complexity index is 820. The molecule has 1 aromatic heterocycles. The molecule has 2 aromatic rings. The van der Waals surface area contributed by atoms with Gasteiger partial charge in [0.05, 0.1) is 19.3 Å². The third kappa shape index (κ3) is 3.05. The normalized spacial score (nSPS) is 14.2. The van der Waals surface area contributed by atoms with Crippen molar-refractivity contribution in [3.8, 4) is 34.4 Å². The molecule has 6 heteroatoms. The second kappa shape index (κ2) is 7.03. The Morgan fingerprint density at radius 2 is 1.96 bits per heavy atom. The van der Waals surface area contributed by atoms with E-state index in [1.807, 2.05) is 6.07 Å². The molecule has 6 nitrogen and oxygen atoms in total. The van der Waals surface area contributed by atoms with Gasteiger partial charge in [-0.2, -0.15) is 4.57 Å². The van der Waals surface area contributed by atoms with Gasteiger partial charge < -0.3 is 23.8 Å². The van der Waals surface area contributed by atoms with E-state index in [1.54, 1.807) is 7.11 Å². The smallest absolute Gasteiger partial charge is 0.411 e. The number of aromatic nitrogens is 1. The fourth-order valence-corrected chi connectivity index (χ4v) is 3.53. The maximum absolute atomic E-state index is 6.14. The van der Waals surface area contributed by atoms with Gasteiger partial charge in [-0.1, -0.05) is 0 Å². The van der Waals surface area contributed by atoms with Gasteiger partial charge in [-0.05, 0) is 44.3 Å². The highest BCUT2D eigenvalue weighted by molar-refractivity contribution is 5.68. The molecule has 138 valence electrons. The molecular formula is C20H25N2O4+. The summed E-state index contributed by atoms with van der Waals surface area (Å²) >= 11 is 0. The predicted octanol–water partition coefficient (Wildman–Crippen LogP) is 2.26. The second-order valence-corrected chi connectivity index (χ2v) is 6.86. The number of hydrogen-bond donors (Lipinski definition) is 0. The van der Waals surface area contributed by atoms with Crippen LogP contribution in [0, 0.1) is 0 Å². The minimum atomic E-state index is 0.293. The van der Waals surface area contributed by atoms with Crippen LogP contribution in [0.25, 0.3) is 11.3 Å². The molecule has 0 radical (unpaired) electrons. The number of methoxy groups -OCH3 is 1. The van der Waals surface area contributed by atoms with E-state index < -0.39 is 0 Å². The summed E-state index contributed by atoms with van der Waals surface area (Å²) in [4.78, 5) is 2.16. The van der Waals surface area contributed by atoms with Gasteiger partial charge in [-0.3, -0.25) is 0 Å². The zero-order valence-electron chi connectivity index (χ0n) is 15.6. The van der Waals surface area contributed by atoms with Crippen LogP contribution in [0.4, 0.5) is 0 Å².